The molecule has 3 aromatic rings. The Balaban J connectivity index is 1.96. The van der Waals surface area contributed by atoms with E-state index in [1.165, 1.54) is 0 Å². The second-order valence-corrected chi connectivity index (χ2v) is 6.98. The second-order valence-electron chi connectivity index (χ2n) is 6.98. The van der Waals surface area contributed by atoms with Crippen LogP contribution in [0.4, 0.5) is 10.7 Å². The van der Waals surface area contributed by atoms with E-state index < -0.39 is 0 Å². The van der Waals surface area contributed by atoms with Crippen molar-refractivity contribution in [3.63, 3.8) is 0 Å². The molecule has 0 spiro atoms. The first-order chi connectivity index (χ1) is 15.0. The van der Waals surface area contributed by atoms with Crippen molar-refractivity contribution < 1.29 is 19.0 Å². The number of methoxy groups -OCH3 is 3. The number of imidazole rings is 1. The van der Waals surface area contributed by atoms with Gasteiger partial charge < -0.3 is 24.1 Å². The molecule has 31 heavy (non-hydrogen) atoms. The molecule has 0 fully saturated rings. The summed E-state index contributed by atoms with van der Waals surface area (Å²) in [5, 5.41) is 5.35. The van der Waals surface area contributed by atoms with Crippen LogP contribution in [0, 0.1) is 0 Å². The number of nitrogens with one attached hydrogen (secondary N) is 2. The maximum atomic E-state index is 11.9. The summed E-state index contributed by atoms with van der Waals surface area (Å²) >= 11 is 0. The molecule has 8 nitrogen and oxygen atoms in total. The Morgan fingerprint density at radius 1 is 0.935 bits per heavy atom. The molecule has 0 atom stereocenters. The van der Waals surface area contributed by atoms with E-state index in [9.17, 15) is 4.79 Å². The summed E-state index contributed by atoms with van der Waals surface area (Å²) in [6, 6.07) is 13.4. The molecular formula is C23H28N4O4. The molecule has 8 heteroatoms. The summed E-state index contributed by atoms with van der Waals surface area (Å²) in [6.45, 7) is 0. The predicted octanol–water partition coefficient (Wildman–Crippen LogP) is 3.38. The summed E-state index contributed by atoms with van der Waals surface area (Å²) in [6.07, 6.45) is 1.24. The zero-order valence-corrected chi connectivity index (χ0v) is 18.5. The van der Waals surface area contributed by atoms with Gasteiger partial charge in [0.25, 0.3) is 0 Å². The third-order valence-corrected chi connectivity index (χ3v) is 5.10. The highest BCUT2D eigenvalue weighted by atomic mass is 16.5. The molecule has 0 saturated heterocycles. The first-order valence-corrected chi connectivity index (χ1v) is 9.86. The average Bonchev–Trinajstić information content (AvgIpc) is 3.07. The van der Waals surface area contributed by atoms with Crippen molar-refractivity contribution in [3.05, 3.63) is 65.0 Å². The van der Waals surface area contributed by atoms with Gasteiger partial charge in [0.1, 0.15) is 5.75 Å². The minimum absolute atomic E-state index is 0.318. The Morgan fingerprint density at radius 3 is 2.23 bits per heavy atom. The maximum Gasteiger partial charge on any atom is 0.321 e. The SMILES string of the molecule is CNC(=O)Nc1nc(Cc2ccc(OC)cc2)c(Cc2ccc(OC)c(OC)c2)n1C. The van der Waals surface area contributed by atoms with E-state index in [1.807, 2.05) is 54.1 Å². The lowest BCUT2D eigenvalue weighted by Crippen LogP contribution is -2.26. The van der Waals surface area contributed by atoms with Gasteiger partial charge in [0.2, 0.25) is 5.95 Å². The van der Waals surface area contributed by atoms with Gasteiger partial charge in [-0.05, 0) is 35.4 Å². The van der Waals surface area contributed by atoms with Crippen molar-refractivity contribution in [1.82, 2.24) is 14.9 Å². The standard InChI is InChI=1S/C23H28N4O4/c1-24-23(28)26-22-25-18(12-15-6-9-17(29-3)10-7-15)19(27(22)2)13-16-8-11-20(30-4)21(14-16)31-5/h6-11,14H,12-13H2,1-5H3,(H2,24,25,26,28). The van der Waals surface area contributed by atoms with E-state index in [4.69, 9.17) is 19.2 Å². The summed E-state index contributed by atoms with van der Waals surface area (Å²) in [7, 11) is 8.34. The Hall–Kier alpha value is -3.68. The molecule has 2 aromatic carbocycles. The van der Waals surface area contributed by atoms with Crippen LogP contribution in [0.5, 0.6) is 17.2 Å². The highest BCUT2D eigenvalue weighted by Gasteiger charge is 2.18. The minimum Gasteiger partial charge on any atom is -0.497 e. The fourth-order valence-corrected chi connectivity index (χ4v) is 3.35. The van der Waals surface area contributed by atoms with Gasteiger partial charge in [-0.1, -0.05) is 18.2 Å². The molecule has 0 bridgehead atoms. The van der Waals surface area contributed by atoms with Gasteiger partial charge in [0, 0.05) is 32.6 Å². The largest absolute Gasteiger partial charge is 0.497 e. The van der Waals surface area contributed by atoms with E-state index >= 15 is 0 Å². The summed E-state index contributed by atoms with van der Waals surface area (Å²) in [5.41, 5.74) is 4.02. The summed E-state index contributed by atoms with van der Waals surface area (Å²) < 4.78 is 17.9. The van der Waals surface area contributed by atoms with Crippen molar-refractivity contribution in [2.45, 2.75) is 12.8 Å². The number of urea groups is 1. The zero-order valence-electron chi connectivity index (χ0n) is 18.5. The van der Waals surface area contributed by atoms with E-state index in [0.717, 1.165) is 28.3 Å². The molecular weight excluding hydrogens is 396 g/mol. The molecule has 164 valence electrons. The van der Waals surface area contributed by atoms with Crippen LogP contribution in [0.25, 0.3) is 0 Å². The first kappa shape index (κ1) is 22.0. The first-order valence-electron chi connectivity index (χ1n) is 9.86. The van der Waals surface area contributed by atoms with Crippen LogP contribution in [0.3, 0.4) is 0 Å². The van der Waals surface area contributed by atoms with Crippen LogP contribution in [-0.2, 0) is 19.9 Å². The van der Waals surface area contributed by atoms with Crippen LogP contribution in [0.2, 0.25) is 0 Å². The molecule has 2 N–H and O–H groups in total. The molecule has 0 aliphatic carbocycles. The van der Waals surface area contributed by atoms with E-state index in [2.05, 4.69) is 10.6 Å². The Bertz CT molecular complexity index is 1040. The van der Waals surface area contributed by atoms with Crippen LogP contribution in [0.1, 0.15) is 22.5 Å². The molecule has 1 heterocycles. The minimum atomic E-state index is -0.318. The Morgan fingerprint density at radius 2 is 1.61 bits per heavy atom. The number of hydrogen-bond acceptors (Lipinski definition) is 5. The number of aromatic nitrogens is 2. The molecule has 0 radical (unpaired) electrons. The third-order valence-electron chi connectivity index (χ3n) is 5.10. The van der Waals surface area contributed by atoms with Gasteiger partial charge in [-0.2, -0.15) is 0 Å². The van der Waals surface area contributed by atoms with Gasteiger partial charge in [0.15, 0.2) is 11.5 Å². The monoisotopic (exact) mass is 424 g/mol. The fraction of sp³-hybridized carbons (Fsp3) is 0.304. The topological polar surface area (TPSA) is 86.6 Å². The number of nitrogens with zero attached hydrogens (tertiary/aromatic N) is 2. The quantitative estimate of drug-likeness (QED) is 0.579. The van der Waals surface area contributed by atoms with Crippen LogP contribution < -0.4 is 24.8 Å². The van der Waals surface area contributed by atoms with Crippen LogP contribution in [0.15, 0.2) is 42.5 Å². The number of carbonyl (C=O) groups is 1. The molecule has 3 rings (SSSR count). The second kappa shape index (κ2) is 9.88. The van der Waals surface area contributed by atoms with Crippen molar-refractivity contribution in [2.75, 3.05) is 33.7 Å². The van der Waals surface area contributed by atoms with Crippen LogP contribution in [-0.4, -0.2) is 44.0 Å². The molecule has 0 aliphatic rings. The lowest BCUT2D eigenvalue weighted by atomic mass is 10.0. The Labute approximate surface area is 182 Å². The fourth-order valence-electron chi connectivity index (χ4n) is 3.35. The normalized spacial score (nSPS) is 10.5. The number of benzene rings is 2. The van der Waals surface area contributed by atoms with Gasteiger partial charge in [-0.3, -0.25) is 5.32 Å². The number of amides is 2. The zero-order chi connectivity index (χ0) is 22.4. The number of rotatable bonds is 8. The van der Waals surface area contributed by atoms with Gasteiger partial charge in [-0.25, -0.2) is 9.78 Å². The maximum absolute atomic E-state index is 11.9. The number of carbonyl (C=O) groups excluding carboxylic acids is 1. The van der Waals surface area contributed by atoms with Crippen molar-refractivity contribution in [2.24, 2.45) is 7.05 Å². The number of hydrogen-bond donors (Lipinski definition) is 2. The van der Waals surface area contributed by atoms with Gasteiger partial charge >= 0.3 is 6.03 Å². The number of anilines is 1. The summed E-state index contributed by atoms with van der Waals surface area (Å²) in [4.78, 5) is 16.6. The lowest BCUT2D eigenvalue weighted by Gasteiger charge is -2.12. The highest BCUT2D eigenvalue weighted by Crippen LogP contribution is 2.30. The van der Waals surface area contributed by atoms with E-state index in [1.54, 1.807) is 28.4 Å². The van der Waals surface area contributed by atoms with Crippen molar-refractivity contribution >= 4 is 12.0 Å². The lowest BCUT2D eigenvalue weighted by molar-refractivity contribution is 0.253. The third kappa shape index (κ3) is 5.09. The van der Waals surface area contributed by atoms with Gasteiger partial charge in [-0.15, -0.1) is 0 Å². The molecule has 1 aromatic heterocycles. The van der Waals surface area contributed by atoms with E-state index in [-0.39, 0.29) is 6.03 Å². The van der Waals surface area contributed by atoms with Crippen LogP contribution >= 0.6 is 0 Å². The average molecular weight is 425 g/mol. The molecule has 2 amide bonds. The number of ether oxygens (including phenoxy) is 3. The molecule has 0 saturated carbocycles. The smallest absolute Gasteiger partial charge is 0.321 e. The molecule has 0 unspecified atom stereocenters. The predicted molar refractivity (Wildman–Crippen MR) is 119 cm³/mol. The van der Waals surface area contributed by atoms with Crippen molar-refractivity contribution in [3.8, 4) is 17.2 Å². The van der Waals surface area contributed by atoms with Crippen molar-refractivity contribution in [1.29, 1.82) is 0 Å². The Kier molecular flexibility index (Phi) is 7.02. The summed E-state index contributed by atoms with van der Waals surface area (Å²) in [5.74, 6) is 2.63. The highest BCUT2D eigenvalue weighted by molar-refractivity contribution is 5.87. The van der Waals surface area contributed by atoms with E-state index in [0.29, 0.717) is 30.3 Å². The van der Waals surface area contributed by atoms with Gasteiger partial charge in [0.05, 0.1) is 27.0 Å². The molecule has 0 aliphatic heterocycles.